The van der Waals surface area contributed by atoms with Gasteiger partial charge in [0, 0.05) is 38.3 Å². The maximum atomic E-state index is 6.29. The lowest BCUT2D eigenvalue weighted by Gasteiger charge is -2.36. The molecule has 1 saturated heterocycles. The van der Waals surface area contributed by atoms with E-state index in [1.54, 1.807) is 6.20 Å². The number of piperazine rings is 1. The van der Waals surface area contributed by atoms with Crippen molar-refractivity contribution in [2.75, 3.05) is 31.1 Å². The average molecular weight is 326 g/mol. The molecule has 0 bridgehead atoms. The molecule has 1 fully saturated rings. The lowest BCUT2D eigenvalue weighted by atomic mass is 10.2. The third kappa shape index (κ3) is 3.18. The highest BCUT2D eigenvalue weighted by atomic mass is 35.5. The summed E-state index contributed by atoms with van der Waals surface area (Å²) in [4.78, 5) is 4.68. The fraction of sp³-hybridized carbons (Fsp3) is 0.400. The van der Waals surface area contributed by atoms with Crippen molar-refractivity contribution in [3.8, 4) is 0 Å². The quantitative estimate of drug-likeness (QED) is 0.862. The summed E-state index contributed by atoms with van der Waals surface area (Å²) in [5.74, 6) is 0.898. The molecule has 0 spiro atoms. The Morgan fingerprint density at radius 3 is 2.62 bits per heavy atom. The van der Waals surface area contributed by atoms with Gasteiger partial charge in [-0.05, 0) is 19.1 Å². The minimum Gasteiger partial charge on any atom is -0.368 e. The van der Waals surface area contributed by atoms with E-state index in [0.717, 1.165) is 49.7 Å². The van der Waals surface area contributed by atoms with E-state index in [0.29, 0.717) is 10.0 Å². The van der Waals surface area contributed by atoms with Crippen LogP contribution in [0.1, 0.15) is 11.3 Å². The summed E-state index contributed by atoms with van der Waals surface area (Å²) in [5.41, 5.74) is 2.18. The van der Waals surface area contributed by atoms with Crippen molar-refractivity contribution in [3.63, 3.8) is 0 Å². The van der Waals surface area contributed by atoms with E-state index in [4.69, 9.17) is 27.7 Å². The SMILES string of the molecule is Cc1oncc1CN1CCN(c2cccc(Cl)c2Cl)CC1. The summed E-state index contributed by atoms with van der Waals surface area (Å²) < 4.78 is 5.11. The number of aryl methyl sites for hydroxylation is 1. The van der Waals surface area contributed by atoms with Crippen LogP contribution in [0, 0.1) is 6.92 Å². The number of nitrogens with zero attached hydrogens (tertiary/aromatic N) is 3. The molecule has 6 heteroatoms. The standard InChI is InChI=1S/C15H17Cl2N3O/c1-11-12(9-18-21-11)10-19-5-7-20(8-6-19)14-4-2-3-13(16)15(14)17/h2-4,9H,5-8,10H2,1H3. The molecule has 0 amide bonds. The van der Waals surface area contributed by atoms with Crippen LogP contribution in [0.4, 0.5) is 5.69 Å². The van der Waals surface area contributed by atoms with E-state index >= 15 is 0 Å². The third-order valence-electron chi connectivity index (χ3n) is 3.89. The maximum absolute atomic E-state index is 6.29. The fourth-order valence-corrected chi connectivity index (χ4v) is 3.01. The summed E-state index contributed by atoms with van der Waals surface area (Å²) in [7, 11) is 0. The van der Waals surface area contributed by atoms with Crippen LogP contribution in [0.15, 0.2) is 28.9 Å². The average Bonchev–Trinajstić information content (AvgIpc) is 2.88. The minimum absolute atomic E-state index is 0.608. The van der Waals surface area contributed by atoms with Gasteiger partial charge in [0.1, 0.15) is 5.76 Å². The Morgan fingerprint density at radius 2 is 1.95 bits per heavy atom. The first-order valence-corrected chi connectivity index (χ1v) is 7.72. The first kappa shape index (κ1) is 14.7. The summed E-state index contributed by atoms with van der Waals surface area (Å²) in [6.07, 6.45) is 1.80. The molecule has 1 aliphatic heterocycles. The summed E-state index contributed by atoms with van der Waals surface area (Å²) in [6, 6.07) is 5.78. The Hall–Kier alpha value is -1.23. The van der Waals surface area contributed by atoms with Gasteiger partial charge in [0.2, 0.25) is 0 Å². The smallest absolute Gasteiger partial charge is 0.138 e. The van der Waals surface area contributed by atoms with Crippen LogP contribution < -0.4 is 4.90 Å². The highest BCUT2D eigenvalue weighted by Gasteiger charge is 2.20. The highest BCUT2D eigenvalue weighted by molar-refractivity contribution is 6.43. The first-order valence-electron chi connectivity index (χ1n) is 6.96. The minimum atomic E-state index is 0.608. The number of aromatic nitrogens is 1. The van der Waals surface area contributed by atoms with Gasteiger partial charge in [0.15, 0.2) is 0 Å². The van der Waals surface area contributed by atoms with Gasteiger partial charge >= 0.3 is 0 Å². The number of benzene rings is 1. The van der Waals surface area contributed by atoms with Crippen LogP contribution >= 0.6 is 23.2 Å². The second-order valence-corrected chi connectivity index (χ2v) is 6.03. The Morgan fingerprint density at radius 1 is 1.19 bits per heavy atom. The van der Waals surface area contributed by atoms with Crippen LogP contribution in [0.5, 0.6) is 0 Å². The summed E-state index contributed by atoms with van der Waals surface area (Å²) in [6.45, 7) is 6.66. The molecule has 0 N–H and O–H groups in total. The number of halogens is 2. The van der Waals surface area contributed by atoms with Crippen molar-refractivity contribution < 1.29 is 4.52 Å². The number of hydrogen-bond acceptors (Lipinski definition) is 4. The maximum Gasteiger partial charge on any atom is 0.138 e. The van der Waals surface area contributed by atoms with Crippen molar-refractivity contribution in [1.29, 1.82) is 0 Å². The highest BCUT2D eigenvalue weighted by Crippen LogP contribution is 2.32. The predicted octanol–water partition coefficient (Wildman–Crippen LogP) is 3.61. The van der Waals surface area contributed by atoms with Gasteiger partial charge in [0.25, 0.3) is 0 Å². The van der Waals surface area contributed by atoms with Crippen molar-refractivity contribution in [1.82, 2.24) is 10.1 Å². The number of rotatable bonds is 3. The molecule has 1 aliphatic rings. The molecule has 0 unspecified atom stereocenters. The van der Waals surface area contributed by atoms with E-state index in [1.807, 2.05) is 25.1 Å². The Labute approximate surface area is 134 Å². The van der Waals surface area contributed by atoms with E-state index in [9.17, 15) is 0 Å². The molecule has 0 aliphatic carbocycles. The second-order valence-electron chi connectivity index (χ2n) is 5.24. The van der Waals surface area contributed by atoms with E-state index < -0.39 is 0 Å². The molecule has 0 saturated carbocycles. The lowest BCUT2D eigenvalue weighted by molar-refractivity contribution is 0.248. The Balaban J connectivity index is 1.63. The zero-order chi connectivity index (χ0) is 14.8. The number of hydrogen-bond donors (Lipinski definition) is 0. The van der Waals surface area contributed by atoms with Crippen LogP contribution in [-0.2, 0) is 6.54 Å². The molecule has 21 heavy (non-hydrogen) atoms. The molecule has 0 atom stereocenters. The molecular weight excluding hydrogens is 309 g/mol. The molecule has 1 aromatic carbocycles. The van der Waals surface area contributed by atoms with Gasteiger partial charge < -0.3 is 9.42 Å². The van der Waals surface area contributed by atoms with Gasteiger partial charge in [-0.1, -0.05) is 34.4 Å². The van der Waals surface area contributed by atoms with Gasteiger partial charge in [-0.3, -0.25) is 4.90 Å². The zero-order valence-corrected chi connectivity index (χ0v) is 13.4. The molecule has 112 valence electrons. The Bertz CT molecular complexity index is 621. The second kappa shape index (κ2) is 6.26. The van der Waals surface area contributed by atoms with Crippen LogP contribution in [0.2, 0.25) is 10.0 Å². The van der Waals surface area contributed by atoms with Crippen LogP contribution in [0.3, 0.4) is 0 Å². The van der Waals surface area contributed by atoms with Gasteiger partial charge in [-0.25, -0.2) is 0 Å². The van der Waals surface area contributed by atoms with E-state index in [1.165, 1.54) is 0 Å². The van der Waals surface area contributed by atoms with Crippen LogP contribution in [-0.4, -0.2) is 36.2 Å². The molecule has 1 aromatic heterocycles. The van der Waals surface area contributed by atoms with Gasteiger partial charge in [-0.2, -0.15) is 0 Å². The fourth-order valence-electron chi connectivity index (χ4n) is 2.60. The largest absolute Gasteiger partial charge is 0.368 e. The Kier molecular flexibility index (Phi) is 4.38. The zero-order valence-electron chi connectivity index (χ0n) is 11.9. The molecule has 0 radical (unpaired) electrons. The van der Waals surface area contributed by atoms with E-state index in [-0.39, 0.29) is 0 Å². The molecule has 2 aromatic rings. The van der Waals surface area contributed by atoms with Gasteiger partial charge in [-0.15, -0.1) is 0 Å². The topological polar surface area (TPSA) is 32.5 Å². The summed E-state index contributed by atoms with van der Waals surface area (Å²) in [5, 5.41) is 5.08. The van der Waals surface area contributed by atoms with Crippen molar-refractivity contribution in [2.24, 2.45) is 0 Å². The third-order valence-corrected chi connectivity index (χ3v) is 4.70. The first-order chi connectivity index (χ1) is 10.1. The predicted molar refractivity (Wildman–Crippen MR) is 85.2 cm³/mol. The molecule has 4 nitrogen and oxygen atoms in total. The molecule has 2 heterocycles. The summed E-state index contributed by atoms with van der Waals surface area (Å²) >= 11 is 12.4. The molecular formula is C15H17Cl2N3O. The van der Waals surface area contributed by atoms with Crippen LogP contribution in [0.25, 0.3) is 0 Å². The van der Waals surface area contributed by atoms with Crippen molar-refractivity contribution in [2.45, 2.75) is 13.5 Å². The van der Waals surface area contributed by atoms with Crippen molar-refractivity contribution >= 4 is 28.9 Å². The normalized spacial score (nSPS) is 16.4. The van der Waals surface area contributed by atoms with Crippen molar-refractivity contribution in [3.05, 3.63) is 45.8 Å². The van der Waals surface area contributed by atoms with Gasteiger partial charge in [0.05, 0.1) is 21.9 Å². The monoisotopic (exact) mass is 325 g/mol. The molecule has 3 rings (SSSR count). The lowest BCUT2D eigenvalue weighted by Crippen LogP contribution is -2.46. The van der Waals surface area contributed by atoms with E-state index in [2.05, 4.69) is 15.0 Å². The number of anilines is 1.